The first-order valence-electron chi connectivity index (χ1n) is 5.24. The van der Waals surface area contributed by atoms with Crippen LogP contribution < -0.4 is 11.1 Å². The zero-order chi connectivity index (χ0) is 13.6. The Kier molecular flexibility index (Phi) is 2.82. The number of aromatic hydroxyl groups is 2. The quantitative estimate of drug-likeness (QED) is 0.750. The van der Waals surface area contributed by atoms with Crippen LogP contribution in [0.25, 0.3) is 10.8 Å². The topological polar surface area (TPSA) is 84.5 Å². The minimum atomic E-state index is -0.600. The molecule has 0 aliphatic heterocycles. The predicted octanol–water partition coefficient (Wildman–Crippen LogP) is 0.785. The van der Waals surface area contributed by atoms with E-state index in [1.807, 2.05) is 0 Å². The van der Waals surface area contributed by atoms with E-state index in [-0.39, 0.29) is 15.8 Å². The molecular weight excluding hydrogens is 260 g/mol. The fourth-order valence-electron chi connectivity index (χ4n) is 1.91. The smallest absolute Gasteiger partial charge is 0.274 e. The zero-order valence-corrected chi connectivity index (χ0v) is 10.5. The van der Waals surface area contributed by atoms with Crippen LogP contribution >= 0.6 is 11.6 Å². The SMILES string of the molecule is CCn1c(=O)c2c(Cl)c(O)c(O)cc2c(=O)n1C. The summed E-state index contributed by atoms with van der Waals surface area (Å²) in [7, 11) is 1.45. The lowest BCUT2D eigenvalue weighted by Gasteiger charge is -2.12. The minimum absolute atomic E-state index is 0.0208. The third-order valence-corrected chi connectivity index (χ3v) is 3.22. The van der Waals surface area contributed by atoms with Gasteiger partial charge in [0, 0.05) is 13.6 Å². The highest BCUT2D eigenvalue weighted by Crippen LogP contribution is 2.36. The van der Waals surface area contributed by atoms with E-state index in [0.717, 1.165) is 10.7 Å². The van der Waals surface area contributed by atoms with Crippen LogP contribution in [-0.2, 0) is 13.6 Å². The fourth-order valence-corrected chi connectivity index (χ4v) is 2.19. The van der Waals surface area contributed by atoms with Crippen LogP contribution in [0.4, 0.5) is 0 Å². The molecule has 18 heavy (non-hydrogen) atoms. The number of halogens is 1. The summed E-state index contributed by atoms with van der Waals surface area (Å²) in [6.07, 6.45) is 0. The molecule has 1 aromatic carbocycles. The molecular formula is C11H11ClN2O4. The Hall–Kier alpha value is -1.95. The minimum Gasteiger partial charge on any atom is -0.504 e. The van der Waals surface area contributed by atoms with E-state index in [1.54, 1.807) is 6.92 Å². The van der Waals surface area contributed by atoms with E-state index in [0.29, 0.717) is 6.54 Å². The summed E-state index contributed by atoms with van der Waals surface area (Å²) >= 11 is 5.82. The Morgan fingerprint density at radius 3 is 2.44 bits per heavy atom. The largest absolute Gasteiger partial charge is 0.504 e. The van der Waals surface area contributed by atoms with Crippen molar-refractivity contribution in [2.45, 2.75) is 13.5 Å². The second-order valence-corrected chi connectivity index (χ2v) is 4.21. The third-order valence-electron chi connectivity index (χ3n) is 2.85. The van der Waals surface area contributed by atoms with Gasteiger partial charge in [0.05, 0.1) is 15.8 Å². The molecule has 0 aliphatic carbocycles. The molecule has 0 saturated carbocycles. The van der Waals surface area contributed by atoms with Gasteiger partial charge < -0.3 is 10.2 Å². The van der Waals surface area contributed by atoms with Gasteiger partial charge in [-0.05, 0) is 13.0 Å². The first kappa shape index (κ1) is 12.5. The Labute approximate surface area is 106 Å². The van der Waals surface area contributed by atoms with Gasteiger partial charge in [-0.1, -0.05) is 11.6 Å². The van der Waals surface area contributed by atoms with E-state index in [4.69, 9.17) is 11.6 Å². The maximum absolute atomic E-state index is 12.1. The van der Waals surface area contributed by atoms with Gasteiger partial charge in [-0.25, -0.2) is 4.68 Å². The molecule has 0 bridgehead atoms. The van der Waals surface area contributed by atoms with E-state index in [1.165, 1.54) is 11.7 Å². The Balaban J connectivity index is 3.20. The van der Waals surface area contributed by atoms with Gasteiger partial charge >= 0.3 is 0 Å². The van der Waals surface area contributed by atoms with E-state index < -0.39 is 22.6 Å². The van der Waals surface area contributed by atoms with Gasteiger partial charge in [-0.2, -0.15) is 0 Å². The first-order valence-corrected chi connectivity index (χ1v) is 5.62. The van der Waals surface area contributed by atoms with Crippen molar-refractivity contribution in [3.05, 3.63) is 31.8 Å². The molecule has 0 amide bonds. The molecule has 0 unspecified atom stereocenters. The van der Waals surface area contributed by atoms with Crippen LogP contribution in [0.3, 0.4) is 0 Å². The molecule has 7 heteroatoms. The summed E-state index contributed by atoms with van der Waals surface area (Å²) in [4.78, 5) is 24.2. The molecule has 1 heterocycles. The van der Waals surface area contributed by atoms with E-state index in [2.05, 4.69) is 0 Å². The Morgan fingerprint density at radius 2 is 1.89 bits per heavy atom. The van der Waals surface area contributed by atoms with Crippen LogP contribution in [0.1, 0.15) is 6.92 Å². The van der Waals surface area contributed by atoms with Gasteiger partial charge in [0.25, 0.3) is 11.1 Å². The number of nitrogens with zero attached hydrogens (tertiary/aromatic N) is 2. The highest BCUT2D eigenvalue weighted by molar-refractivity contribution is 6.37. The molecule has 2 aromatic rings. The molecule has 2 rings (SSSR count). The molecule has 0 fully saturated rings. The Bertz CT molecular complexity index is 760. The molecule has 0 radical (unpaired) electrons. The second-order valence-electron chi connectivity index (χ2n) is 3.83. The summed E-state index contributed by atoms with van der Waals surface area (Å²) in [5, 5.41) is 18.5. The van der Waals surface area contributed by atoms with Gasteiger partial charge in [-0.3, -0.25) is 14.3 Å². The highest BCUT2D eigenvalue weighted by atomic mass is 35.5. The monoisotopic (exact) mass is 270 g/mol. The normalized spacial score (nSPS) is 11.1. The maximum atomic E-state index is 12.1. The van der Waals surface area contributed by atoms with Gasteiger partial charge in [-0.15, -0.1) is 0 Å². The lowest BCUT2D eigenvalue weighted by molar-refractivity contribution is 0.404. The summed E-state index contributed by atoms with van der Waals surface area (Å²) in [5.41, 5.74) is -0.960. The molecule has 0 atom stereocenters. The van der Waals surface area contributed by atoms with Gasteiger partial charge in [0.15, 0.2) is 11.5 Å². The van der Waals surface area contributed by atoms with Gasteiger partial charge in [0.2, 0.25) is 0 Å². The standard InChI is InChI=1S/C11H11ClN2O4/c1-3-14-11(18)7-5(10(17)13(14)2)4-6(15)9(16)8(7)12/h4,15-16H,3H2,1-2H3. The highest BCUT2D eigenvalue weighted by Gasteiger charge is 2.18. The average Bonchev–Trinajstić information content (AvgIpc) is 2.33. The number of benzene rings is 1. The fraction of sp³-hybridized carbons (Fsp3) is 0.273. The summed E-state index contributed by atoms with van der Waals surface area (Å²) < 4.78 is 2.35. The van der Waals surface area contributed by atoms with Crippen molar-refractivity contribution in [3.63, 3.8) is 0 Å². The number of aromatic nitrogens is 2. The second kappa shape index (κ2) is 4.06. The third kappa shape index (κ3) is 1.49. The molecule has 1 aromatic heterocycles. The number of phenolic OH excluding ortho intramolecular Hbond substituents is 2. The van der Waals surface area contributed by atoms with Gasteiger partial charge in [0.1, 0.15) is 0 Å². The summed E-state index contributed by atoms with van der Waals surface area (Å²) in [6.45, 7) is 2.00. The maximum Gasteiger partial charge on any atom is 0.274 e. The number of fused-ring (bicyclic) bond motifs is 1. The van der Waals surface area contributed by atoms with Crippen molar-refractivity contribution in [2.75, 3.05) is 0 Å². The lowest BCUT2D eigenvalue weighted by atomic mass is 10.1. The van der Waals surface area contributed by atoms with Crippen molar-refractivity contribution in [2.24, 2.45) is 7.05 Å². The first-order chi connectivity index (χ1) is 8.40. The van der Waals surface area contributed by atoms with E-state index >= 15 is 0 Å². The van der Waals surface area contributed by atoms with Crippen molar-refractivity contribution < 1.29 is 10.2 Å². The summed E-state index contributed by atoms with van der Waals surface area (Å²) in [6, 6.07) is 1.04. The van der Waals surface area contributed by atoms with Crippen molar-refractivity contribution in [1.29, 1.82) is 0 Å². The molecule has 0 saturated heterocycles. The predicted molar refractivity (Wildman–Crippen MR) is 67.5 cm³/mol. The van der Waals surface area contributed by atoms with Crippen molar-refractivity contribution >= 4 is 22.4 Å². The van der Waals surface area contributed by atoms with Crippen LogP contribution in [0.15, 0.2) is 15.7 Å². The summed E-state index contributed by atoms with van der Waals surface area (Å²) in [5.74, 6) is -1.13. The van der Waals surface area contributed by atoms with Crippen LogP contribution in [0.5, 0.6) is 11.5 Å². The number of phenols is 2. The van der Waals surface area contributed by atoms with Crippen LogP contribution in [0, 0.1) is 0 Å². The molecule has 6 nitrogen and oxygen atoms in total. The van der Waals surface area contributed by atoms with Crippen molar-refractivity contribution in [3.8, 4) is 11.5 Å². The number of rotatable bonds is 1. The van der Waals surface area contributed by atoms with E-state index in [9.17, 15) is 19.8 Å². The molecule has 2 N–H and O–H groups in total. The van der Waals surface area contributed by atoms with Crippen molar-refractivity contribution in [1.82, 2.24) is 9.36 Å². The van der Waals surface area contributed by atoms with Crippen LogP contribution in [-0.4, -0.2) is 19.6 Å². The Morgan fingerprint density at radius 1 is 1.28 bits per heavy atom. The number of hydrogen-bond acceptors (Lipinski definition) is 4. The average molecular weight is 271 g/mol. The molecule has 0 spiro atoms. The molecule has 96 valence electrons. The number of hydrogen-bond donors (Lipinski definition) is 2. The van der Waals surface area contributed by atoms with Crippen LogP contribution in [0.2, 0.25) is 5.02 Å². The lowest BCUT2D eigenvalue weighted by Crippen LogP contribution is -2.36. The molecule has 0 aliphatic rings. The zero-order valence-electron chi connectivity index (χ0n) is 9.77.